The molecule has 2 aromatic rings. The predicted octanol–water partition coefficient (Wildman–Crippen LogP) is 2.06. The number of benzene rings is 2. The molecule has 2 aliphatic heterocycles. The van der Waals surface area contributed by atoms with Gasteiger partial charge in [-0.1, -0.05) is 12.1 Å². The number of nitrogens with one attached hydrogen (secondary N) is 1. The van der Waals surface area contributed by atoms with Gasteiger partial charge in [0, 0.05) is 25.1 Å². The van der Waals surface area contributed by atoms with E-state index in [0.29, 0.717) is 49.0 Å². The van der Waals surface area contributed by atoms with Crippen molar-refractivity contribution in [1.82, 2.24) is 9.62 Å². The van der Waals surface area contributed by atoms with Gasteiger partial charge < -0.3 is 24.3 Å². The fourth-order valence-electron chi connectivity index (χ4n) is 4.01. The zero-order chi connectivity index (χ0) is 23.4. The van der Waals surface area contributed by atoms with Gasteiger partial charge in [-0.2, -0.15) is 4.31 Å². The molecule has 1 saturated heterocycles. The second-order valence-electron chi connectivity index (χ2n) is 7.94. The molecule has 1 fully saturated rings. The van der Waals surface area contributed by atoms with E-state index in [4.69, 9.17) is 18.9 Å². The SMILES string of the molecule is COc1ccc(S(=O)(=O)N2CCC(C(=O)NCC3COc4ccccc4O3)CC2)cc1OC. The van der Waals surface area contributed by atoms with Gasteiger partial charge >= 0.3 is 0 Å². The fraction of sp³-hybridized carbons (Fsp3) is 0.435. The van der Waals surface area contributed by atoms with E-state index in [2.05, 4.69) is 5.32 Å². The molecule has 0 radical (unpaired) electrons. The molecule has 178 valence electrons. The van der Waals surface area contributed by atoms with Gasteiger partial charge in [-0.3, -0.25) is 4.79 Å². The van der Waals surface area contributed by atoms with E-state index in [9.17, 15) is 13.2 Å². The van der Waals surface area contributed by atoms with Crippen molar-refractivity contribution in [2.24, 2.45) is 5.92 Å². The lowest BCUT2D eigenvalue weighted by molar-refractivity contribution is -0.126. The molecule has 33 heavy (non-hydrogen) atoms. The molecule has 2 aromatic carbocycles. The Balaban J connectivity index is 1.30. The Kier molecular flexibility index (Phi) is 6.94. The van der Waals surface area contributed by atoms with Crippen molar-refractivity contribution < 1.29 is 32.2 Å². The lowest BCUT2D eigenvalue weighted by atomic mass is 9.97. The highest BCUT2D eigenvalue weighted by Crippen LogP contribution is 2.32. The Labute approximate surface area is 193 Å². The molecule has 9 nitrogen and oxygen atoms in total. The van der Waals surface area contributed by atoms with Crippen molar-refractivity contribution in [2.75, 3.05) is 40.5 Å². The van der Waals surface area contributed by atoms with Crippen LogP contribution >= 0.6 is 0 Å². The number of hydrogen-bond acceptors (Lipinski definition) is 7. The quantitative estimate of drug-likeness (QED) is 0.652. The standard InChI is InChI=1S/C23H28N2O7S/c1-29-19-8-7-18(13-22(19)30-2)33(27,28)25-11-9-16(10-12-25)23(26)24-14-17-15-31-20-5-3-4-6-21(20)32-17/h3-8,13,16-17H,9-12,14-15H2,1-2H3,(H,24,26). The summed E-state index contributed by atoms with van der Waals surface area (Å²) >= 11 is 0. The van der Waals surface area contributed by atoms with Crippen LogP contribution in [0.15, 0.2) is 47.4 Å². The molecule has 0 aliphatic carbocycles. The van der Waals surface area contributed by atoms with Crippen LogP contribution in [0.2, 0.25) is 0 Å². The monoisotopic (exact) mass is 476 g/mol. The second kappa shape index (κ2) is 9.88. The first-order chi connectivity index (χ1) is 15.9. The maximum Gasteiger partial charge on any atom is 0.243 e. The molecule has 0 spiro atoms. The average Bonchev–Trinajstić information content (AvgIpc) is 2.86. The highest BCUT2D eigenvalue weighted by atomic mass is 32.2. The van der Waals surface area contributed by atoms with E-state index in [1.165, 1.54) is 30.7 Å². The Morgan fingerprint density at radius 1 is 1.06 bits per heavy atom. The van der Waals surface area contributed by atoms with Crippen molar-refractivity contribution in [3.63, 3.8) is 0 Å². The Hall–Kier alpha value is -2.98. The van der Waals surface area contributed by atoms with Gasteiger partial charge in [0.15, 0.2) is 23.0 Å². The number of methoxy groups -OCH3 is 2. The molecule has 1 unspecified atom stereocenters. The first-order valence-electron chi connectivity index (χ1n) is 10.8. The highest BCUT2D eigenvalue weighted by Gasteiger charge is 2.33. The number of ether oxygens (including phenoxy) is 4. The van der Waals surface area contributed by atoms with E-state index in [0.717, 1.165) is 0 Å². The number of rotatable bonds is 7. The number of hydrogen-bond donors (Lipinski definition) is 1. The van der Waals surface area contributed by atoms with Gasteiger partial charge in [-0.15, -0.1) is 0 Å². The Morgan fingerprint density at radius 3 is 2.45 bits per heavy atom. The normalized spacial score (nSPS) is 19.0. The van der Waals surface area contributed by atoms with Gasteiger partial charge in [-0.05, 0) is 37.1 Å². The number of amides is 1. The van der Waals surface area contributed by atoms with Crippen LogP contribution in [0, 0.1) is 5.92 Å². The van der Waals surface area contributed by atoms with Gasteiger partial charge in [-0.25, -0.2) is 8.42 Å². The van der Waals surface area contributed by atoms with Crippen LogP contribution in [-0.4, -0.2) is 65.2 Å². The summed E-state index contributed by atoms with van der Waals surface area (Å²) in [5.74, 6) is 1.83. The lowest BCUT2D eigenvalue weighted by Gasteiger charge is -2.31. The smallest absolute Gasteiger partial charge is 0.243 e. The summed E-state index contributed by atoms with van der Waals surface area (Å²) in [6.07, 6.45) is 0.626. The van der Waals surface area contributed by atoms with Crippen LogP contribution in [0.5, 0.6) is 23.0 Å². The van der Waals surface area contributed by atoms with Gasteiger partial charge in [0.25, 0.3) is 0 Å². The molecular weight excluding hydrogens is 448 g/mol. The molecule has 1 amide bonds. The molecule has 2 heterocycles. The number of piperidine rings is 1. The summed E-state index contributed by atoms with van der Waals surface area (Å²) in [5.41, 5.74) is 0. The van der Waals surface area contributed by atoms with E-state index in [1.54, 1.807) is 6.07 Å². The minimum absolute atomic E-state index is 0.0966. The van der Waals surface area contributed by atoms with Crippen molar-refractivity contribution >= 4 is 15.9 Å². The molecule has 1 N–H and O–H groups in total. The zero-order valence-corrected chi connectivity index (χ0v) is 19.5. The fourth-order valence-corrected chi connectivity index (χ4v) is 5.49. The molecule has 10 heteroatoms. The molecule has 4 rings (SSSR count). The largest absolute Gasteiger partial charge is 0.493 e. The third-order valence-corrected chi connectivity index (χ3v) is 7.78. The third kappa shape index (κ3) is 5.01. The molecule has 0 bridgehead atoms. The first kappa shape index (κ1) is 23.2. The maximum atomic E-state index is 13.1. The highest BCUT2D eigenvalue weighted by molar-refractivity contribution is 7.89. The number of para-hydroxylation sites is 2. The maximum absolute atomic E-state index is 13.1. The predicted molar refractivity (Wildman–Crippen MR) is 120 cm³/mol. The second-order valence-corrected chi connectivity index (χ2v) is 9.88. The summed E-state index contributed by atoms with van der Waals surface area (Å²) in [6.45, 7) is 1.23. The summed E-state index contributed by atoms with van der Waals surface area (Å²) in [6, 6.07) is 11.9. The van der Waals surface area contributed by atoms with Crippen LogP contribution in [-0.2, 0) is 14.8 Å². The minimum atomic E-state index is -3.70. The summed E-state index contributed by atoms with van der Waals surface area (Å²) in [4.78, 5) is 12.8. The third-order valence-electron chi connectivity index (χ3n) is 5.89. The lowest BCUT2D eigenvalue weighted by Crippen LogP contribution is -2.46. The minimum Gasteiger partial charge on any atom is -0.493 e. The average molecular weight is 477 g/mol. The van der Waals surface area contributed by atoms with Crippen LogP contribution in [0.1, 0.15) is 12.8 Å². The van der Waals surface area contributed by atoms with Crippen LogP contribution in [0.4, 0.5) is 0 Å². The summed E-state index contributed by atoms with van der Waals surface area (Å²) in [5, 5.41) is 2.92. The Bertz CT molecular complexity index is 1100. The zero-order valence-electron chi connectivity index (χ0n) is 18.7. The van der Waals surface area contributed by atoms with Crippen LogP contribution in [0.25, 0.3) is 0 Å². The topological polar surface area (TPSA) is 103 Å². The molecule has 1 atom stereocenters. The van der Waals surface area contributed by atoms with Crippen molar-refractivity contribution in [1.29, 1.82) is 0 Å². The van der Waals surface area contributed by atoms with Gasteiger partial charge in [0.2, 0.25) is 15.9 Å². The molecule has 0 aromatic heterocycles. The number of sulfonamides is 1. The van der Waals surface area contributed by atoms with Crippen molar-refractivity contribution in [2.45, 2.75) is 23.8 Å². The van der Waals surface area contributed by atoms with E-state index >= 15 is 0 Å². The summed E-state index contributed by atoms with van der Waals surface area (Å²) in [7, 11) is -0.743. The van der Waals surface area contributed by atoms with E-state index in [-0.39, 0.29) is 35.9 Å². The van der Waals surface area contributed by atoms with Crippen LogP contribution in [0.3, 0.4) is 0 Å². The van der Waals surface area contributed by atoms with Crippen LogP contribution < -0.4 is 24.3 Å². The molecular formula is C23H28N2O7S. The number of carbonyl (C=O) groups excluding carboxylic acids is 1. The van der Waals surface area contributed by atoms with Gasteiger partial charge in [0.1, 0.15) is 12.7 Å². The van der Waals surface area contributed by atoms with Crippen molar-refractivity contribution in [3.05, 3.63) is 42.5 Å². The number of fused-ring (bicyclic) bond motifs is 1. The molecule has 2 aliphatic rings. The first-order valence-corrected chi connectivity index (χ1v) is 12.2. The number of carbonyl (C=O) groups is 1. The Morgan fingerprint density at radius 2 is 1.76 bits per heavy atom. The van der Waals surface area contributed by atoms with E-state index in [1.807, 2.05) is 24.3 Å². The number of nitrogens with zero attached hydrogens (tertiary/aromatic N) is 1. The molecule has 0 saturated carbocycles. The summed E-state index contributed by atoms with van der Waals surface area (Å²) < 4.78 is 49.5. The van der Waals surface area contributed by atoms with E-state index < -0.39 is 10.0 Å². The van der Waals surface area contributed by atoms with Gasteiger partial charge in [0.05, 0.1) is 25.7 Å². The van der Waals surface area contributed by atoms with Crippen molar-refractivity contribution in [3.8, 4) is 23.0 Å².